The quantitative estimate of drug-likeness (QED) is 0.698. The number of benzene rings is 1. The van der Waals surface area contributed by atoms with Gasteiger partial charge in [-0.05, 0) is 25.1 Å². The van der Waals surface area contributed by atoms with E-state index >= 15 is 0 Å². The van der Waals surface area contributed by atoms with Gasteiger partial charge in [0.15, 0.2) is 0 Å². The van der Waals surface area contributed by atoms with E-state index in [1.165, 1.54) is 6.07 Å². The number of aliphatic imine (C=N–C) groups is 1. The first-order chi connectivity index (χ1) is 6.97. The van der Waals surface area contributed by atoms with E-state index in [0.717, 1.165) is 12.1 Å². The summed E-state index contributed by atoms with van der Waals surface area (Å²) >= 11 is 0. The van der Waals surface area contributed by atoms with Crippen molar-refractivity contribution >= 4 is 17.2 Å². The Kier molecular flexibility index (Phi) is 2.06. The first-order valence-electron chi connectivity index (χ1n) is 4.25. The summed E-state index contributed by atoms with van der Waals surface area (Å²) < 4.78 is 37.1. The van der Waals surface area contributed by atoms with E-state index < -0.39 is 11.7 Å². The van der Waals surface area contributed by atoms with Crippen molar-refractivity contribution in [1.29, 1.82) is 0 Å². The molecule has 2 N–H and O–H groups in total. The Morgan fingerprint density at radius 2 is 1.93 bits per heavy atom. The second-order valence-electron chi connectivity index (χ2n) is 3.18. The number of hydrogen-bond acceptors (Lipinski definition) is 3. The fraction of sp³-hybridized carbons (Fsp3) is 0.222. The molecule has 0 saturated heterocycles. The molecule has 1 aliphatic rings. The summed E-state index contributed by atoms with van der Waals surface area (Å²) in [6.07, 6.45) is -4.33. The Hall–Kier alpha value is -1.72. The minimum absolute atomic E-state index is 0.293. The van der Waals surface area contributed by atoms with Gasteiger partial charge in [0.2, 0.25) is 0 Å². The average Bonchev–Trinajstić information content (AvgIpc) is 2.15. The highest BCUT2D eigenvalue weighted by molar-refractivity contribution is 5.89. The van der Waals surface area contributed by atoms with Crippen LogP contribution in [0.2, 0.25) is 0 Å². The molecule has 0 aromatic heterocycles. The summed E-state index contributed by atoms with van der Waals surface area (Å²) in [5.41, 5.74) is 5.59. The van der Waals surface area contributed by atoms with Crippen LogP contribution in [0.1, 0.15) is 12.5 Å². The van der Waals surface area contributed by atoms with E-state index in [0.29, 0.717) is 17.2 Å². The van der Waals surface area contributed by atoms with Gasteiger partial charge in [0.05, 0.1) is 16.9 Å². The first-order valence-corrected chi connectivity index (χ1v) is 4.25. The average molecular weight is 215 g/mol. The highest BCUT2D eigenvalue weighted by Gasteiger charge is 2.31. The Balaban J connectivity index is 2.47. The van der Waals surface area contributed by atoms with Crippen molar-refractivity contribution in [2.24, 2.45) is 4.99 Å². The van der Waals surface area contributed by atoms with Gasteiger partial charge in [0, 0.05) is 0 Å². The lowest BCUT2D eigenvalue weighted by atomic mass is 10.1. The summed E-state index contributed by atoms with van der Waals surface area (Å²) in [6, 6.07) is 3.39. The molecule has 0 atom stereocenters. The van der Waals surface area contributed by atoms with Gasteiger partial charge in [-0.3, -0.25) is 10.9 Å². The van der Waals surface area contributed by atoms with E-state index in [2.05, 4.69) is 15.8 Å². The Morgan fingerprint density at radius 3 is 2.60 bits per heavy atom. The summed E-state index contributed by atoms with van der Waals surface area (Å²) in [5, 5.41) is 0. The number of nitrogens with one attached hydrogen (secondary N) is 2. The fourth-order valence-electron chi connectivity index (χ4n) is 1.27. The number of hydrogen-bond donors (Lipinski definition) is 2. The molecule has 0 aliphatic carbocycles. The van der Waals surface area contributed by atoms with Crippen LogP contribution in [0.3, 0.4) is 0 Å². The van der Waals surface area contributed by atoms with Crippen molar-refractivity contribution in [3.63, 3.8) is 0 Å². The van der Waals surface area contributed by atoms with Crippen LogP contribution in [0, 0.1) is 0 Å². The Bertz CT molecular complexity index is 423. The van der Waals surface area contributed by atoms with Crippen LogP contribution in [0.4, 0.5) is 24.5 Å². The molecule has 1 aromatic rings. The smallest absolute Gasteiger partial charge is 0.298 e. The predicted molar refractivity (Wildman–Crippen MR) is 51.0 cm³/mol. The van der Waals surface area contributed by atoms with E-state index in [1.54, 1.807) is 6.92 Å². The van der Waals surface area contributed by atoms with Crippen molar-refractivity contribution in [2.45, 2.75) is 13.1 Å². The predicted octanol–water partition coefficient (Wildman–Crippen LogP) is 2.69. The van der Waals surface area contributed by atoms with Gasteiger partial charge in [0.25, 0.3) is 0 Å². The SMILES string of the molecule is CC1=Nc2cc(C(F)(F)F)ccc2NN1. The number of alkyl halides is 3. The number of nitrogens with zero attached hydrogens (tertiary/aromatic N) is 1. The molecule has 1 aromatic carbocycles. The topological polar surface area (TPSA) is 36.4 Å². The molecule has 1 heterocycles. The monoisotopic (exact) mass is 215 g/mol. The maximum absolute atomic E-state index is 12.4. The van der Waals surface area contributed by atoms with Crippen molar-refractivity contribution in [1.82, 2.24) is 5.43 Å². The number of hydrazine groups is 1. The van der Waals surface area contributed by atoms with Crippen LogP contribution < -0.4 is 10.9 Å². The summed E-state index contributed by atoms with van der Waals surface area (Å²) in [6.45, 7) is 1.66. The molecule has 6 heteroatoms. The van der Waals surface area contributed by atoms with E-state index in [-0.39, 0.29) is 0 Å². The molecule has 80 valence electrons. The number of amidine groups is 1. The van der Waals surface area contributed by atoms with Crippen molar-refractivity contribution in [3.05, 3.63) is 23.8 Å². The molecule has 0 saturated carbocycles. The lowest BCUT2D eigenvalue weighted by molar-refractivity contribution is -0.137. The third-order valence-corrected chi connectivity index (χ3v) is 1.99. The molecule has 0 radical (unpaired) electrons. The summed E-state index contributed by atoms with van der Waals surface area (Å²) in [4.78, 5) is 3.96. The summed E-state index contributed by atoms with van der Waals surface area (Å²) in [7, 11) is 0. The number of halogens is 3. The molecule has 15 heavy (non-hydrogen) atoms. The first kappa shape index (κ1) is 9.82. The third-order valence-electron chi connectivity index (χ3n) is 1.99. The highest BCUT2D eigenvalue weighted by atomic mass is 19.4. The number of fused-ring (bicyclic) bond motifs is 1. The van der Waals surface area contributed by atoms with Crippen LogP contribution in [0.15, 0.2) is 23.2 Å². The second-order valence-corrected chi connectivity index (χ2v) is 3.18. The molecule has 0 bridgehead atoms. The number of rotatable bonds is 0. The van der Waals surface area contributed by atoms with E-state index in [4.69, 9.17) is 0 Å². The maximum Gasteiger partial charge on any atom is 0.416 e. The third kappa shape index (κ3) is 1.88. The van der Waals surface area contributed by atoms with Crippen LogP contribution in [-0.4, -0.2) is 5.84 Å². The molecule has 0 unspecified atom stereocenters. The normalized spacial score (nSPS) is 14.8. The number of anilines is 1. The van der Waals surface area contributed by atoms with Crippen molar-refractivity contribution in [2.75, 3.05) is 5.43 Å². The zero-order valence-corrected chi connectivity index (χ0v) is 7.81. The van der Waals surface area contributed by atoms with Crippen LogP contribution in [-0.2, 0) is 6.18 Å². The summed E-state index contributed by atoms with van der Waals surface area (Å²) in [5.74, 6) is 0.529. The van der Waals surface area contributed by atoms with Gasteiger partial charge in [-0.15, -0.1) is 0 Å². The lowest BCUT2D eigenvalue weighted by Crippen LogP contribution is -2.29. The largest absolute Gasteiger partial charge is 0.416 e. The van der Waals surface area contributed by atoms with Gasteiger partial charge in [-0.25, -0.2) is 4.99 Å². The molecule has 3 nitrogen and oxygen atoms in total. The van der Waals surface area contributed by atoms with Crippen LogP contribution >= 0.6 is 0 Å². The second kappa shape index (κ2) is 3.15. The van der Waals surface area contributed by atoms with Gasteiger partial charge >= 0.3 is 6.18 Å². The highest BCUT2D eigenvalue weighted by Crippen LogP contribution is 2.35. The Morgan fingerprint density at radius 1 is 1.20 bits per heavy atom. The van der Waals surface area contributed by atoms with Gasteiger partial charge in [-0.1, -0.05) is 0 Å². The fourth-order valence-corrected chi connectivity index (χ4v) is 1.27. The van der Waals surface area contributed by atoms with Crippen LogP contribution in [0.25, 0.3) is 0 Å². The minimum atomic E-state index is -4.33. The zero-order chi connectivity index (χ0) is 11.1. The van der Waals surface area contributed by atoms with Gasteiger partial charge < -0.3 is 0 Å². The molecule has 0 amide bonds. The molecule has 0 fully saturated rings. The van der Waals surface area contributed by atoms with E-state index in [1.807, 2.05) is 0 Å². The van der Waals surface area contributed by atoms with Gasteiger partial charge in [-0.2, -0.15) is 13.2 Å². The Labute approximate surface area is 84.0 Å². The standard InChI is InChI=1S/C9H8F3N3/c1-5-13-8-4-6(9(10,11)12)2-3-7(8)15-14-5/h2-4,15H,1H3,(H,13,14). The molecule has 0 spiro atoms. The lowest BCUT2D eigenvalue weighted by Gasteiger charge is -2.18. The zero-order valence-electron chi connectivity index (χ0n) is 7.81. The van der Waals surface area contributed by atoms with E-state index in [9.17, 15) is 13.2 Å². The molecule has 2 rings (SSSR count). The molecular formula is C9H8F3N3. The molecular weight excluding hydrogens is 207 g/mol. The van der Waals surface area contributed by atoms with Crippen molar-refractivity contribution < 1.29 is 13.2 Å². The maximum atomic E-state index is 12.4. The van der Waals surface area contributed by atoms with Crippen molar-refractivity contribution in [3.8, 4) is 0 Å². The van der Waals surface area contributed by atoms with Gasteiger partial charge in [0.1, 0.15) is 5.84 Å². The molecule has 1 aliphatic heterocycles. The van der Waals surface area contributed by atoms with Crippen LogP contribution in [0.5, 0.6) is 0 Å². The minimum Gasteiger partial charge on any atom is -0.298 e.